The van der Waals surface area contributed by atoms with Gasteiger partial charge < -0.3 is 21.3 Å². The predicted octanol–water partition coefficient (Wildman–Crippen LogP) is 3.62. The average molecular weight is 421 g/mol. The fraction of sp³-hybridized carbons (Fsp3) is 0.375. The highest BCUT2D eigenvalue weighted by Crippen LogP contribution is 2.38. The Bertz CT molecular complexity index is 1010. The Labute approximate surface area is 182 Å². The van der Waals surface area contributed by atoms with Crippen LogP contribution in [0.15, 0.2) is 42.5 Å². The second kappa shape index (κ2) is 8.79. The number of hydrogen-bond acceptors (Lipinski definition) is 4. The summed E-state index contributed by atoms with van der Waals surface area (Å²) < 4.78 is 0. The highest BCUT2D eigenvalue weighted by molar-refractivity contribution is 6.08. The Kier molecular flexibility index (Phi) is 5.93. The van der Waals surface area contributed by atoms with Gasteiger partial charge in [-0.15, -0.1) is 0 Å². The van der Waals surface area contributed by atoms with Crippen LogP contribution in [0.2, 0.25) is 0 Å². The van der Waals surface area contributed by atoms with Crippen molar-refractivity contribution in [3.8, 4) is 0 Å². The van der Waals surface area contributed by atoms with E-state index >= 15 is 0 Å². The van der Waals surface area contributed by atoms with Crippen molar-refractivity contribution in [2.75, 3.05) is 28.6 Å². The lowest BCUT2D eigenvalue weighted by Crippen LogP contribution is -2.30. The van der Waals surface area contributed by atoms with Gasteiger partial charge in [-0.2, -0.15) is 0 Å². The second-order valence-corrected chi connectivity index (χ2v) is 8.49. The normalized spacial score (nSPS) is 20.1. The minimum atomic E-state index is -0.542. The summed E-state index contributed by atoms with van der Waals surface area (Å²) in [5.41, 5.74) is 8.26. The molecule has 31 heavy (non-hydrogen) atoms. The molecule has 0 radical (unpaired) electrons. The van der Waals surface area contributed by atoms with Crippen molar-refractivity contribution in [3.63, 3.8) is 0 Å². The maximum Gasteiger partial charge on any atom is 0.255 e. The van der Waals surface area contributed by atoms with E-state index < -0.39 is 5.91 Å². The zero-order chi connectivity index (χ0) is 22.0. The second-order valence-electron chi connectivity index (χ2n) is 8.49. The summed E-state index contributed by atoms with van der Waals surface area (Å²) in [6, 6.07) is 12.0. The topological polar surface area (TPSA) is 105 Å². The number of rotatable bonds is 6. The number of nitrogens with two attached hydrogens (primary N) is 1. The number of carbonyl (C=O) groups is 3. The Hall–Kier alpha value is -3.35. The average Bonchev–Trinajstić information content (AvgIpc) is 3.51. The van der Waals surface area contributed by atoms with Crippen molar-refractivity contribution in [1.82, 2.24) is 0 Å². The van der Waals surface area contributed by atoms with E-state index in [1.54, 1.807) is 36.4 Å². The lowest BCUT2D eigenvalue weighted by atomic mass is 10.1. The van der Waals surface area contributed by atoms with Gasteiger partial charge in [0.25, 0.3) is 5.91 Å². The van der Waals surface area contributed by atoms with Crippen LogP contribution in [0.25, 0.3) is 0 Å². The summed E-state index contributed by atoms with van der Waals surface area (Å²) >= 11 is 0. The molecule has 1 saturated heterocycles. The van der Waals surface area contributed by atoms with Crippen molar-refractivity contribution in [3.05, 3.63) is 53.6 Å². The van der Waals surface area contributed by atoms with Crippen molar-refractivity contribution >= 4 is 34.8 Å². The van der Waals surface area contributed by atoms with Gasteiger partial charge in [-0.3, -0.25) is 14.4 Å². The number of nitrogens with one attached hydrogen (secondary N) is 2. The molecule has 4 N–H and O–H groups in total. The van der Waals surface area contributed by atoms with Gasteiger partial charge in [0.05, 0.1) is 11.4 Å². The van der Waals surface area contributed by atoms with Crippen LogP contribution in [0.1, 0.15) is 53.3 Å². The number of anilines is 3. The highest BCUT2D eigenvalue weighted by atomic mass is 16.2. The Balaban J connectivity index is 1.54. The summed E-state index contributed by atoms with van der Waals surface area (Å²) in [5, 5.41) is 5.83. The molecular weight excluding hydrogens is 392 g/mol. The summed E-state index contributed by atoms with van der Waals surface area (Å²) in [6.45, 7) is 3.86. The monoisotopic (exact) mass is 420 g/mol. The molecule has 4 rings (SSSR count). The maximum atomic E-state index is 13.0. The van der Waals surface area contributed by atoms with E-state index in [2.05, 4.69) is 15.5 Å². The van der Waals surface area contributed by atoms with Crippen LogP contribution in [0.4, 0.5) is 17.1 Å². The van der Waals surface area contributed by atoms with Gasteiger partial charge in [-0.05, 0) is 68.0 Å². The largest absolute Gasteiger partial charge is 0.370 e. The van der Waals surface area contributed by atoms with Gasteiger partial charge in [0.2, 0.25) is 11.8 Å². The molecule has 0 aromatic heterocycles. The first-order valence-electron chi connectivity index (χ1n) is 10.8. The molecule has 7 nitrogen and oxygen atoms in total. The van der Waals surface area contributed by atoms with Crippen LogP contribution in [-0.2, 0) is 4.79 Å². The summed E-state index contributed by atoms with van der Waals surface area (Å²) in [7, 11) is 0. The van der Waals surface area contributed by atoms with E-state index in [9.17, 15) is 14.4 Å². The van der Waals surface area contributed by atoms with E-state index in [1.165, 1.54) is 6.42 Å². The molecule has 3 amide bonds. The molecule has 2 aromatic rings. The summed E-state index contributed by atoms with van der Waals surface area (Å²) in [4.78, 5) is 39.1. The highest BCUT2D eigenvalue weighted by Gasteiger charge is 2.39. The Morgan fingerprint density at radius 1 is 0.968 bits per heavy atom. The third-order valence-electron chi connectivity index (χ3n) is 6.06. The van der Waals surface area contributed by atoms with Gasteiger partial charge in [0, 0.05) is 35.8 Å². The van der Waals surface area contributed by atoms with E-state index in [0.717, 1.165) is 38.0 Å². The molecule has 1 saturated carbocycles. The molecule has 0 spiro atoms. The van der Waals surface area contributed by atoms with Crippen molar-refractivity contribution < 1.29 is 14.4 Å². The molecular formula is C24H28N4O3. The summed E-state index contributed by atoms with van der Waals surface area (Å²) in [5.74, 6) is -0.388. The zero-order valence-electron chi connectivity index (χ0n) is 17.7. The van der Waals surface area contributed by atoms with Crippen LogP contribution >= 0.6 is 0 Å². The zero-order valence-corrected chi connectivity index (χ0v) is 17.7. The third-order valence-corrected chi connectivity index (χ3v) is 6.06. The first kappa shape index (κ1) is 20.9. The van der Waals surface area contributed by atoms with Gasteiger partial charge >= 0.3 is 0 Å². The first-order chi connectivity index (χ1) is 14.9. The third kappa shape index (κ3) is 4.87. The van der Waals surface area contributed by atoms with Gasteiger partial charge in [0.15, 0.2) is 0 Å². The molecule has 1 aliphatic carbocycles. The lowest BCUT2D eigenvalue weighted by Gasteiger charge is -2.30. The molecule has 2 aliphatic rings. The summed E-state index contributed by atoms with van der Waals surface area (Å²) in [6.07, 6.45) is 4.27. The molecule has 7 heteroatoms. The smallest absolute Gasteiger partial charge is 0.255 e. The van der Waals surface area contributed by atoms with E-state index in [4.69, 9.17) is 5.73 Å². The molecule has 1 heterocycles. The standard InChI is InChI=1S/C24H28N4O3/c1-15-12-19(15)24(31)26-18-7-5-6-17(13-18)23(30)27-20-14-16(22(25)29)8-9-21(20)28-10-3-2-4-11-28/h5-9,13-15,19H,2-4,10-12H2,1H3,(H2,25,29)(H,26,31)(H,27,30). The first-order valence-corrected chi connectivity index (χ1v) is 10.8. The van der Waals surface area contributed by atoms with Crippen LogP contribution in [-0.4, -0.2) is 30.8 Å². The SMILES string of the molecule is CC1CC1C(=O)Nc1cccc(C(=O)Nc2cc(C(N)=O)ccc2N2CCCCC2)c1. The lowest BCUT2D eigenvalue weighted by molar-refractivity contribution is -0.117. The van der Waals surface area contributed by atoms with Crippen LogP contribution in [0.3, 0.4) is 0 Å². The number of hydrogen-bond donors (Lipinski definition) is 3. The van der Waals surface area contributed by atoms with E-state index in [1.807, 2.05) is 13.0 Å². The molecule has 2 fully saturated rings. The van der Waals surface area contributed by atoms with Crippen LogP contribution in [0, 0.1) is 11.8 Å². The van der Waals surface area contributed by atoms with Crippen molar-refractivity contribution in [2.45, 2.75) is 32.6 Å². The molecule has 2 aromatic carbocycles. The van der Waals surface area contributed by atoms with Crippen LogP contribution in [0.5, 0.6) is 0 Å². The van der Waals surface area contributed by atoms with Gasteiger partial charge in [-0.1, -0.05) is 13.0 Å². The van der Waals surface area contributed by atoms with E-state index in [0.29, 0.717) is 28.4 Å². The Morgan fingerprint density at radius 3 is 2.39 bits per heavy atom. The number of benzene rings is 2. The van der Waals surface area contributed by atoms with Gasteiger partial charge in [-0.25, -0.2) is 0 Å². The van der Waals surface area contributed by atoms with E-state index in [-0.39, 0.29) is 17.7 Å². The quantitative estimate of drug-likeness (QED) is 0.664. The number of primary amides is 1. The predicted molar refractivity (Wildman–Crippen MR) is 121 cm³/mol. The number of nitrogens with zero attached hydrogens (tertiary/aromatic N) is 1. The number of amides is 3. The molecule has 2 unspecified atom stereocenters. The number of carbonyl (C=O) groups excluding carboxylic acids is 3. The fourth-order valence-electron chi connectivity index (χ4n) is 4.06. The van der Waals surface area contributed by atoms with Crippen LogP contribution < -0.4 is 21.3 Å². The van der Waals surface area contributed by atoms with Gasteiger partial charge in [0.1, 0.15) is 0 Å². The van der Waals surface area contributed by atoms with Crippen molar-refractivity contribution in [1.29, 1.82) is 0 Å². The molecule has 1 aliphatic heterocycles. The maximum absolute atomic E-state index is 13.0. The fourth-order valence-corrected chi connectivity index (χ4v) is 4.06. The molecule has 2 atom stereocenters. The minimum absolute atomic E-state index is 0.00778. The molecule has 0 bridgehead atoms. The number of piperidine rings is 1. The van der Waals surface area contributed by atoms with Crippen molar-refractivity contribution in [2.24, 2.45) is 17.6 Å². The minimum Gasteiger partial charge on any atom is -0.370 e. The molecule has 162 valence electrons. The Morgan fingerprint density at radius 2 is 1.71 bits per heavy atom.